The van der Waals surface area contributed by atoms with Crippen LogP contribution < -0.4 is 9.64 Å². The number of amides is 1. The van der Waals surface area contributed by atoms with Crippen molar-refractivity contribution in [1.82, 2.24) is 4.90 Å². The lowest BCUT2D eigenvalue weighted by Crippen LogP contribution is -2.67. The average Bonchev–Trinajstić information content (AvgIpc) is 3.28. The molecule has 4 nitrogen and oxygen atoms in total. The highest BCUT2D eigenvalue weighted by Crippen LogP contribution is 2.49. The molecule has 2 aromatic carbocycles. The third-order valence-corrected chi connectivity index (χ3v) is 7.15. The summed E-state index contributed by atoms with van der Waals surface area (Å²) < 4.78 is 6.51. The molecule has 0 N–H and O–H groups in total. The number of thiophene rings is 1. The van der Waals surface area contributed by atoms with E-state index in [9.17, 15) is 4.79 Å². The molecule has 30 heavy (non-hydrogen) atoms. The minimum atomic E-state index is -0.671. The topological polar surface area (TPSA) is 32.8 Å². The van der Waals surface area contributed by atoms with Crippen LogP contribution in [0.4, 0.5) is 5.69 Å². The van der Waals surface area contributed by atoms with E-state index in [0.717, 1.165) is 23.4 Å². The molecule has 3 aromatic rings. The molecule has 3 heterocycles. The number of hydrogen-bond donors (Lipinski definition) is 0. The zero-order valence-electron chi connectivity index (χ0n) is 16.9. The second kappa shape index (κ2) is 7.22. The van der Waals surface area contributed by atoms with Gasteiger partial charge in [-0.05, 0) is 60.8 Å². The van der Waals surface area contributed by atoms with Crippen molar-refractivity contribution in [1.29, 1.82) is 0 Å². The van der Waals surface area contributed by atoms with Gasteiger partial charge >= 0.3 is 0 Å². The molecule has 1 saturated heterocycles. The number of nitrogens with zero attached hydrogens (tertiary/aromatic N) is 2. The Bertz CT molecular complexity index is 1110. The van der Waals surface area contributed by atoms with Gasteiger partial charge in [-0.3, -0.25) is 14.6 Å². The number of carbonyl (C=O) groups is 1. The molecule has 2 bridgehead atoms. The van der Waals surface area contributed by atoms with Crippen LogP contribution in [-0.4, -0.2) is 21.6 Å². The van der Waals surface area contributed by atoms with Crippen LogP contribution in [0.1, 0.15) is 47.1 Å². The SMILES string of the molecule is CCc1ccc(N2C(=S)N(C(=O)c3cccs3)[C@H]3C[C@@]2(C)Oc2ccccc23)cc1. The van der Waals surface area contributed by atoms with Gasteiger partial charge in [-0.2, -0.15) is 0 Å². The van der Waals surface area contributed by atoms with Gasteiger partial charge in [-0.15, -0.1) is 11.3 Å². The van der Waals surface area contributed by atoms with Gasteiger partial charge in [0.15, 0.2) is 10.8 Å². The van der Waals surface area contributed by atoms with Crippen LogP contribution in [0.2, 0.25) is 0 Å². The average molecular weight is 435 g/mol. The Morgan fingerprint density at radius 2 is 1.93 bits per heavy atom. The molecule has 6 heteroatoms. The maximum absolute atomic E-state index is 13.5. The molecule has 2 atom stereocenters. The zero-order chi connectivity index (χ0) is 20.9. The molecule has 5 rings (SSSR count). The first kappa shape index (κ1) is 19.3. The smallest absolute Gasteiger partial charge is 0.270 e. The Morgan fingerprint density at radius 1 is 1.17 bits per heavy atom. The second-order valence-corrected chi connectivity index (χ2v) is 9.14. The molecular formula is C24H22N2O2S2. The van der Waals surface area contributed by atoms with E-state index >= 15 is 0 Å². The van der Waals surface area contributed by atoms with Gasteiger partial charge in [0, 0.05) is 17.7 Å². The molecule has 1 fully saturated rings. The van der Waals surface area contributed by atoms with Crippen molar-refractivity contribution in [3.63, 3.8) is 0 Å². The Labute approximate surface area is 185 Å². The number of aryl methyl sites for hydroxylation is 1. The number of rotatable bonds is 3. The van der Waals surface area contributed by atoms with Gasteiger partial charge in [0.05, 0.1) is 10.9 Å². The number of anilines is 1. The van der Waals surface area contributed by atoms with Crippen molar-refractivity contribution in [2.24, 2.45) is 0 Å². The highest BCUT2D eigenvalue weighted by Gasteiger charge is 2.53. The third kappa shape index (κ3) is 2.94. The fourth-order valence-electron chi connectivity index (χ4n) is 4.42. The third-order valence-electron chi connectivity index (χ3n) is 5.92. The number of ether oxygens (including phenoxy) is 1. The predicted molar refractivity (Wildman–Crippen MR) is 124 cm³/mol. The first-order chi connectivity index (χ1) is 14.5. The molecule has 152 valence electrons. The summed E-state index contributed by atoms with van der Waals surface area (Å²) in [7, 11) is 0. The highest BCUT2D eigenvalue weighted by molar-refractivity contribution is 7.80. The molecule has 2 aliphatic rings. The summed E-state index contributed by atoms with van der Waals surface area (Å²) in [5.41, 5.74) is 2.52. The van der Waals surface area contributed by atoms with E-state index < -0.39 is 5.72 Å². The van der Waals surface area contributed by atoms with Crippen molar-refractivity contribution in [3.8, 4) is 5.75 Å². The minimum Gasteiger partial charge on any atom is -0.467 e. The normalized spacial score (nSPS) is 22.5. The van der Waals surface area contributed by atoms with Crippen LogP contribution in [0.25, 0.3) is 0 Å². The summed E-state index contributed by atoms with van der Waals surface area (Å²) >= 11 is 7.39. The van der Waals surface area contributed by atoms with Crippen LogP contribution in [0.15, 0.2) is 66.0 Å². The van der Waals surface area contributed by atoms with Crippen molar-refractivity contribution < 1.29 is 9.53 Å². The first-order valence-corrected chi connectivity index (χ1v) is 11.4. The van der Waals surface area contributed by atoms with Crippen molar-refractivity contribution in [2.45, 2.75) is 38.5 Å². The van der Waals surface area contributed by atoms with Crippen LogP contribution in [-0.2, 0) is 6.42 Å². The fraction of sp³-hybridized carbons (Fsp3) is 0.250. The Kier molecular flexibility index (Phi) is 4.64. The maximum Gasteiger partial charge on any atom is 0.270 e. The van der Waals surface area contributed by atoms with Crippen LogP contribution in [0.5, 0.6) is 5.75 Å². The maximum atomic E-state index is 13.5. The largest absolute Gasteiger partial charge is 0.467 e. The molecule has 1 amide bonds. The van der Waals surface area contributed by atoms with Crippen molar-refractivity contribution in [3.05, 3.63) is 82.0 Å². The van der Waals surface area contributed by atoms with Crippen LogP contribution in [0, 0.1) is 0 Å². The first-order valence-electron chi connectivity index (χ1n) is 10.1. The molecule has 0 aliphatic carbocycles. The number of para-hydroxylation sites is 1. The van der Waals surface area contributed by atoms with Gasteiger partial charge in [0.1, 0.15) is 5.75 Å². The van der Waals surface area contributed by atoms with Gasteiger partial charge < -0.3 is 4.74 Å². The lowest BCUT2D eigenvalue weighted by molar-refractivity contribution is 0.0185. The second-order valence-electron chi connectivity index (χ2n) is 7.83. The summed E-state index contributed by atoms with van der Waals surface area (Å²) in [6.07, 6.45) is 1.60. The van der Waals surface area contributed by atoms with E-state index in [0.29, 0.717) is 16.4 Å². The number of hydrogen-bond acceptors (Lipinski definition) is 4. The van der Waals surface area contributed by atoms with Gasteiger partial charge in [-0.1, -0.05) is 43.3 Å². The van der Waals surface area contributed by atoms with Gasteiger partial charge in [0.2, 0.25) is 0 Å². The van der Waals surface area contributed by atoms with E-state index in [2.05, 4.69) is 38.1 Å². The van der Waals surface area contributed by atoms with E-state index in [1.54, 1.807) is 4.90 Å². The number of thiocarbonyl (C=S) groups is 1. The fourth-order valence-corrected chi connectivity index (χ4v) is 5.59. The summed E-state index contributed by atoms with van der Waals surface area (Å²) in [6.45, 7) is 4.19. The zero-order valence-corrected chi connectivity index (χ0v) is 18.5. The lowest BCUT2D eigenvalue weighted by Gasteiger charge is -2.55. The summed E-state index contributed by atoms with van der Waals surface area (Å²) in [5, 5.41) is 2.40. The quantitative estimate of drug-likeness (QED) is 0.488. The van der Waals surface area contributed by atoms with E-state index in [-0.39, 0.29) is 11.9 Å². The Balaban J connectivity index is 1.66. The van der Waals surface area contributed by atoms with Gasteiger partial charge in [-0.25, -0.2) is 0 Å². The summed E-state index contributed by atoms with van der Waals surface area (Å²) in [5.74, 6) is 0.742. The number of fused-ring (bicyclic) bond motifs is 4. The standard InChI is InChI=1S/C24H22N2O2S2/c1-3-16-10-12-17(13-11-16)26-23(29)25(22(27)21-9-6-14-30-21)19-15-24(26,2)28-20-8-5-4-7-18(19)20/h4-14,19H,3,15H2,1-2H3/t19-,24+/m0/s1. The minimum absolute atomic E-state index is 0.0612. The number of carbonyl (C=O) groups excluding carboxylic acids is 1. The molecule has 2 aliphatic heterocycles. The molecule has 1 aromatic heterocycles. The van der Waals surface area contributed by atoms with E-state index in [1.807, 2.05) is 46.7 Å². The van der Waals surface area contributed by atoms with E-state index in [4.69, 9.17) is 17.0 Å². The Hall–Kier alpha value is -2.70. The number of benzene rings is 2. The summed E-state index contributed by atoms with van der Waals surface area (Å²) in [6, 6.07) is 19.9. The van der Waals surface area contributed by atoms with Gasteiger partial charge in [0.25, 0.3) is 5.91 Å². The highest BCUT2D eigenvalue weighted by atomic mass is 32.1. The van der Waals surface area contributed by atoms with Crippen molar-refractivity contribution >= 4 is 40.3 Å². The molecule has 0 radical (unpaired) electrons. The Morgan fingerprint density at radius 3 is 2.63 bits per heavy atom. The molecule has 0 saturated carbocycles. The van der Waals surface area contributed by atoms with Crippen LogP contribution >= 0.6 is 23.6 Å². The van der Waals surface area contributed by atoms with Crippen molar-refractivity contribution in [2.75, 3.05) is 4.90 Å². The van der Waals surface area contributed by atoms with E-state index in [1.165, 1.54) is 16.9 Å². The lowest BCUT2D eigenvalue weighted by atomic mass is 9.88. The predicted octanol–water partition coefficient (Wildman–Crippen LogP) is 5.80. The van der Waals surface area contributed by atoms with Crippen LogP contribution in [0.3, 0.4) is 0 Å². The summed E-state index contributed by atoms with van der Waals surface area (Å²) in [4.78, 5) is 18.0. The molecule has 0 unspecified atom stereocenters. The molecule has 0 spiro atoms. The monoisotopic (exact) mass is 434 g/mol. The molecular weight excluding hydrogens is 412 g/mol.